The van der Waals surface area contributed by atoms with E-state index >= 15 is 0 Å². The second-order valence-corrected chi connectivity index (χ2v) is 2.00. The van der Waals surface area contributed by atoms with Crippen molar-refractivity contribution in [3.05, 3.63) is 32.8 Å². The van der Waals surface area contributed by atoms with Gasteiger partial charge in [-0.3, -0.25) is 19.5 Å². The van der Waals surface area contributed by atoms with Crippen molar-refractivity contribution in [3.63, 3.8) is 0 Å². The molecular weight excluding hydrogens is 148 g/mol. The van der Waals surface area contributed by atoms with Crippen molar-refractivity contribution < 1.29 is 4.79 Å². The van der Waals surface area contributed by atoms with E-state index in [2.05, 4.69) is 5.10 Å². The largest absolute Gasteiger partial charge is 0.273 e. The lowest BCUT2D eigenvalue weighted by molar-refractivity contribution is 0.0914. The van der Waals surface area contributed by atoms with Crippen LogP contribution < -0.4 is 11.1 Å². The zero-order chi connectivity index (χ0) is 8.43. The summed E-state index contributed by atoms with van der Waals surface area (Å²) in [5.41, 5.74) is -1.00. The Bertz CT molecular complexity index is 387. The summed E-state index contributed by atoms with van der Waals surface area (Å²) in [6.45, 7) is 1.19. The van der Waals surface area contributed by atoms with Crippen LogP contribution in [0, 0.1) is 0 Å². The van der Waals surface area contributed by atoms with Gasteiger partial charge in [0.2, 0.25) is 5.91 Å². The highest BCUT2D eigenvalue weighted by molar-refractivity contribution is 5.74. The number of rotatable bonds is 0. The Morgan fingerprint density at radius 2 is 2.09 bits per heavy atom. The molecule has 0 saturated heterocycles. The minimum atomic E-state index is -0.530. The van der Waals surface area contributed by atoms with Crippen molar-refractivity contribution in [1.29, 1.82) is 0 Å². The average molecular weight is 154 g/mol. The molecule has 0 aromatic carbocycles. The summed E-state index contributed by atoms with van der Waals surface area (Å²) in [5, 5.41) is 2.07. The summed E-state index contributed by atoms with van der Waals surface area (Å²) in [4.78, 5) is 32.0. The predicted octanol–water partition coefficient (Wildman–Crippen LogP) is -0.803. The molecule has 0 saturated carbocycles. The molecule has 0 radical (unpaired) electrons. The van der Waals surface area contributed by atoms with Crippen LogP contribution in [-0.2, 0) is 0 Å². The SMILES string of the molecule is CC(=O)n1[nH]c(=O)ccc1=O. The first-order valence-corrected chi connectivity index (χ1v) is 2.94. The number of nitrogens with one attached hydrogen (secondary N) is 1. The fourth-order valence-corrected chi connectivity index (χ4v) is 0.658. The third kappa shape index (κ3) is 1.43. The fraction of sp³-hybridized carbons (Fsp3) is 0.167. The second-order valence-electron chi connectivity index (χ2n) is 2.00. The lowest BCUT2D eigenvalue weighted by Crippen LogP contribution is -2.31. The van der Waals surface area contributed by atoms with Gasteiger partial charge in [0, 0.05) is 19.1 Å². The van der Waals surface area contributed by atoms with E-state index in [1.54, 1.807) is 0 Å². The topological polar surface area (TPSA) is 71.9 Å². The lowest BCUT2D eigenvalue weighted by Gasteiger charge is -1.95. The molecule has 0 fully saturated rings. The third-order valence-corrected chi connectivity index (χ3v) is 1.13. The van der Waals surface area contributed by atoms with Crippen LogP contribution in [0.5, 0.6) is 0 Å². The Morgan fingerprint density at radius 1 is 1.45 bits per heavy atom. The normalized spacial score (nSPS) is 9.55. The van der Waals surface area contributed by atoms with Crippen molar-refractivity contribution in [3.8, 4) is 0 Å². The summed E-state index contributed by atoms with van der Waals surface area (Å²) in [6, 6.07) is 2.11. The van der Waals surface area contributed by atoms with Crippen LogP contribution in [-0.4, -0.2) is 15.7 Å². The average Bonchev–Trinajstić information content (AvgIpc) is 1.94. The fourth-order valence-electron chi connectivity index (χ4n) is 0.658. The van der Waals surface area contributed by atoms with Gasteiger partial charge in [-0.25, -0.2) is 0 Å². The number of carbonyl (C=O) groups is 1. The Kier molecular flexibility index (Phi) is 1.72. The van der Waals surface area contributed by atoms with Crippen LogP contribution in [0.15, 0.2) is 21.7 Å². The molecule has 0 amide bonds. The Hall–Kier alpha value is -1.65. The van der Waals surface area contributed by atoms with E-state index in [1.165, 1.54) is 6.92 Å². The first kappa shape index (κ1) is 7.46. The van der Waals surface area contributed by atoms with Crippen LogP contribution >= 0.6 is 0 Å². The van der Waals surface area contributed by atoms with Crippen molar-refractivity contribution in [1.82, 2.24) is 9.78 Å². The second kappa shape index (κ2) is 2.53. The molecule has 0 aliphatic rings. The van der Waals surface area contributed by atoms with Gasteiger partial charge in [0.15, 0.2) is 0 Å². The van der Waals surface area contributed by atoms with Gasteiger partial charge in [-0.2, -0.15) is 4.68 Å². The quantitative estimate of drug-likeness (QED) is 0.531. The van der Waals surface area contributed by atoms with E-state index in [4.69, 9.17) is 0 Å². The van der Waals surface area contributed by atoms with Crippen LogP contribution in [0.3, 0.4) is 0 Å². The number of nitrogens with zero attached hydrogens (tertiary/aromatic N) is 1. The van der Waals surface area contributed by atoms with E-state index in [0.29, 0.717) is 4.68 Å². The molecule has 5 nitrogen and oxygen atoms in total. The van der Waals surface area contributed by atoms with Crippen molar-refractivity contribution in [2.75, 3.05) is 0 Å². The monoisotopic (exact) mass is 154 g/mol. The molecule has 1 N–H and O–H groups in total. The molecule has 1 rings (SSSR count). The number of hydrogen-bond acceptors (Lipinski definition) is 3. The van der Waals surface area contributed by atoms with E-state index in [0.717, 1.165) is 12.1 Å². The maximum Gasteiger partial charge on any atom is 0.272 e. The molecule has 0 atom stereocenters. The molecule has 1 aromatic heterocycles. The number of carbonyl (C=O) groups excluding carboxylic acids is 1. The summed E-state index contributed by atoms with van der Waals surface area (Å²) >= 11 is 0. The first-order valence-electron chi connectivity index (χ1n) is 2.94. The highest BCUT2D eigenvalue weighted by atomic mass is 16.2. The van der Waals surface area contributed by atoms with Gasteiger partial charge in [-0.1, -0.05) is 0 Å². The smallest absolute Gasteiger partial charge is 0.272 e. The zero-order valence-corrected chi connectivity index (χ0v) is 5.83. The Morgan fingerprint density at radius 3 is 2.55 bits per heavy atom. The van der Waals surface area contributed by atoms with E-state index in [9.17, 15) is 14.4 Å². The van der Waals surface area contributed by atoms with Crippen molar-refractivity contribution >= 4 is 5.91 Å². The molecule has 0 spiro atoms. The third-order valence-electron chi connectivity index (χ3n) is 1.13. The number of aromatic amines is 1. The highest BCUT2D eigenvalue weighted by Gasteiger charge is 1.98. The number of H-pyrrole nitrogens is 1. The molecular formula is C6H6N2O3. The molecule has 0 bridgehead atoms. The van der Waals surface area contributed by atoms with Gasteiger partial charge in [0.1, 0.15) is 0 Å². The Labute approximate surface area is 61.3 Å². The molecule has 0 aliphatic heterocycles. The standard InChI is InChI=1S/C6H6N2O3/c1-4(9)8-6(11)3-2-5(10)7-8/h2-3H,1H3,(H,7,10). The van der Waals surface area contributed by atoms with Crippen molar-refractivity contribution in [2.24, 2.45) is 0 Å². The van der Waals surface area contributed by atoms with E-state index < -0.39 is 17.0 Å². The minimum Gasteiger partial charge on any atom is -0.273 e. The molecule has 1 heterocycles. The summed E-state index contributed by atoms with van der Waals surface area (Å²) in [6.07, 6.45) is 0. The summed E-state index contributed by atoms with van der Waals surface area (Å²) < 4.78 is 0.655. The van der Waals surface area contributed by atoms with Crippen LogP contribution in [0.25, 0.3) is 0 Å². The van der Waals surface area contributed by atoms with Gasteiger partial charge in [0.25, 0.3) is 11.1 Å². The maximum atomic E-state index is 10.8. The summed E-state index contributed by atoms with van der Waals surface area (Å²) in [5.74, 6) is -0.507. The molecule has 0 unspecified atom stereocenters. The van der Waals surface area contributed by atoms with Gasteiger partial charge in [0.05, 0.1) is 0 Å². The van der Waals surface area contributed by atoms with E-state index in [-0.39, 0.29) is 0 Å². The highest BCUT2D eigenvalue weighted by Crippen LogP contribution is 1.69. The van der Waals surface area contributed by atoms with Crippen LogP contribution in [0.4, 0.5) is 0 Å². The Balaban J connectivity index is 3.47. The lowest BCUT2D eigenvalue weighted by atomic mass is 10.5. The maximum absolute atomic E-state index is 10.8. The predicted molar refractivity (Wildman–Crippen MR) is 37.6 cm³/mol. The number of hydrogen-bond donors (Lipinski definition) is 1. The minimum absolute atomic E-state index is 0.472. The molecule has 1 aromatic rings. The van der Waals surface area contributed by atoms with Gasteiger partial charge < -0.3 is 0 Å². The molecule has 11 heavy (non-hydrogen) atoms. The molecule has 0 aliphatic carbocycles. The van der Waals surface area contributed by atoms with Gasteiger partial charge in [-0.05, 0) is 0 Å². The first-order chi connectivity index (χ1) is 5.11. The molecule has 58 valence electrons. The van der Waals surface area contributed by atoms with Crippen LogP contribution in [0.2, 0.25) is 0 Å². The van der Waals surface area contributed by atoms with Crippen LogP contribution in [0.1, 0.15) is 11.7 Å². The number of aromatic nitrogens is 2. The zero-order valence-electron chi connectivity index (χ0n) is 5.83. The van der Waals surface area contributed by atoms with E-state index in [1.807, 2.05) is 0 Å². The van der Waals surface area contributed by atoms with Crippen molar-refractivity contribution in [2.45, 2.75) is 6.92 Å². The summed E-state index contributed by atoms with van der Waals surface area (Å²) in [7, 11) is 0. The molecule has 5 heteroatoms. The van der Waals surface area contributed by atoms with Gasteiger partial charge in [-0.15, -0.1) is 0 Å². The van der Waals surface area contributed by atoms with Gasteiger partial charge >= 0.3 is 0 Å².